The van der Waals surface area contributed by atoms with Crippen LogP contribution in [0.3, 0.4) is 0 Å². The zero-order valence-corrected chi connectivity index (χ0v) is 11.6. The zero-order chi connectivity index (χ0) is 13.9. The van der Waals surface area contributed by atoms with E-state index in [2.05, 4.69) is 4.98 Å². The number of thiophene rings is 1. The van der Waals surface area contributed by atoms with Crippen LogP contribution in [0.2, 0.25) is 0 Å². The number of phenols is 1. The smallest absolute Gasteiger partial charge is 0.167 e. The molecule has 2 heterocycles. The van der Waals surface area contributed by atoms with Crippen LogP contribution in [0.25, 0.3) is 10.9 Å². The monoisotopic (exact) mass is 283 g/mol. The van der Waals surface area contributed by atoms with E-state index in [4.69, 9.17) is 0 Å². The molecule has 0 aliphatic carbocycles. The van der Waals surface area contributed by atoms with Crippen molar-refractivity contribution in [3.63, 3.8) is 0 Å². The molecule has 0 bridgehead atoms. The summed E-state index contributed by atoms with van der Waals surface area (Å²) in [4.78, 5) is 17.5. The topological polar surface area (TPSA) is 50.2 Å². The molecule has 0 fully saturated rings. The molecule has 1 aromatic carbocycles. The quantitative estimate of drug-likeness (QED) is 0.741. The van der Waals surface area contributed by atoms with E-state index in [1.807, 2.05) is 29.6 Å². The summed E-state index contributed by atoms with van der Waals surface area (Å²) in [6.07, 6.45) is 2.71. The van der Waals surface area contributed by atoms with Crippen LogP contribution >= 0.6 is 11.3 Å². The number of phenolic OH excluding ortho intramolecular Hbond substituents is 1. The second-order valence-corrected chi connectivity index (χ2v) is 5.57. The number of Topliss-reactive ketones (excluding diaryl/α,β-unsaturated/α-hetero) is 1. The summed E-state index contributed by atoms with van der Waals surface area (Å²) in [7, 11) is 0. The number of ketones is 1. The van der Waals surface area contributed by atoms with E-state index in [1.54, 1.807) is 29.7 Å². The highest BCUT2D eigenvalue weighted by Gasteiger charge is 2.14. The van der Waals surface area contributed by atoms with Crippen molar-refractivity contribution in [1.82, 2.24) is 4.98 Å². The minimum atomic E-state index is -0.0524. The summed E-state index contributed by atoms with van der Waals surface area (Å²) in [6, 6.07) is 11.2. The van der Waals surface area contributed by atoms with Gasteiger partial charge in [-0.1, -0.05) is 18.2 Å². The number of nitrogens with zero attached hydrogens (tertiary/aromatic N) is 1. The average molecular weight is 283 g/mol. The Bertz CT molecular complexity index is 750. The molecule has 0 amide bonds. The summed E-state index contributed by atoms with van der Waals surface area (Å²) in [5, 5.41) is 13.0. The fraction of sp³-hybridized carbons (Fsp3) is 0.125. The van der Waals surface area contributed by atoms with Gasteiger partial charge in [0, 0.05) is 22.9 Å². The lowest BCUT2D eigenvalue weighted by atomic mass is 10.0. The maximum atomic E-state index is 12.2. The zero-order valence-electron chi connectivity index (χ0n) is 10.7. The molecule has 0 spiro atoms. The van der Waals surface area contributed by atoms with E-state index in [0.717, 1.165) is 5.39 Å². The van der Waals surface area contributed by atoms with Crippen molar-refractivity contribution >= 4 is 28.0 Å². The lowest BCUT2D eigenvalue weighted by Crippen LogP contribution is -2.01. The molecule has 1 N–H and O–H groups in total. The molecule has 0 aliphatic rings. The first-order chi connectivity index (χ1) is 9.75. The van der Waals surface area contributed by atoms with Gasteiger partial charge in [-0.3, -0.25) is 9.78 Å². The van der Waals surface area contributed by atoms with Gasteiger partial charge in [0.25, 0.3) is 0 Å². The van der Waals surface area contributed by atoms with Crippen LogP contribution in [-0.4, -0.2) is 15.9 Å². The maximum absolute atomic E-state index is 12.2. The first-order valence-electron chi connectivity index (χ1n) is 6.38. The van der Waals surface area contributed by atoms with Gasteiger partial charge in [-0.05, 0) is 30.0 Å². The third-order valence-corrected chi connectivity index (χ3v) is 4.16. The predicted octanol–water partition coefficient (Wildman–Crippen LogP) is 3.82. The number of carbonyl (C=O) groups is 1. The van der Waals surface area contributed by atoms with Crippen LogP contribution in [-0.2, 0) is 6.42 Å². The number of aryl methyl sites for hydroxylation is 1. The molecule has 3 aromatic rings. The number of hydrogen-bond acceptors (Lipinski definition) is 4. The Morgan fingerprint density at radius 3 is 2.90 bits per heavy atom. The number of rotatable bonds is 4. The molecule has 100 valence electrons. The van der Waals surface area contributed by atoms with Crippen molar-refractivity contribution in [1.29, 1.82) is 0 Å². The summed E-state index contributed by atoms with van der Waals surface area (Å²) < 4.78 is 0. The summed E-state index contributed by atoms with van der Waals surface area (Å²) in [5.74, 6) is -0.0669. The van der Waals surface area contributed by atoms with E-state index < -0.39 is 0 Å². The van der Waals surface area contributed by atoms with Crippen molar-refractivity contribution in [2.75, 3.05) is 0 Å². The Morgan fingerprint density at radius 2 is 2.10 bits per heavy atom. The van der Waals surface area contributed by atoms with E-state index in [-0.39, 0.29) is 11.5 Å². The summed E-state index contributed by atoms with van der Waals surface area (Å²) in [5.41, 5.74) is 0.835. The van der Waals surface area contributed by atoms with Gasteiger partial charge >= 0.3 is 0 Å². The van der Waals surface area contributed by atoms with Crippen LogP contribution in [0.1, 0.15) is 21.7 Å². The molecule has 0 aliphatic heterocycles. The number of aromatic hydroxyl groups is 1. The standard InChI is InChI=1S/C16H13NO2S/c18-14(8-6-12-4-2-10-20-12)13-7-5-11-3-1-9-17-15(11)16(13)19/h1-5,7,9-10,19H,6,8H2. The van der Waals surface area contributed by atoms with Crippen molar-refractivity contribution in [3.05, 3.63) is 58.4 Å². The van der Waals surface area contributed by atoms with Crippen LogP contribution in [0.15, 0.2) is 48.0 Å². The minimum absolute atomic E-state index is 0.0146. The Balaban J connectivity index is 1.86. The van der Waals surface area contributed by atoms with Gasteiger partial charge in [-0.2, -0.15) is 0 Å². The van der Waals surface area contributed by atoms with Gasteiger partial charge in [-0.25, -0.2) is 0 Å². The highest BCUT2D eigenvalue weighted by Crippen LogP contribution is 2.28. The van der Waals surface area contributed by atoms with Crippen molar-refractivity contribution < 1.29 is 9.90 Å². The fourth-order valence-corrected chi connectivity index (χ4v) is 2.89. The SMILES string of the molecule is O=C(CCc1cccs1)c1ccc2cccnc2c1O. The third-order valence-electron chi connectivity index (χ3n) is 3.23. The van der Waals surface area contributed by atoms with Crippen molar-refractivity contribution in [2.24, 2.45) is 0 Å². The Hall–Kier alpha value is -2.20. The third kappa shape index (κ3) is 2.42. The lowest BCUT2D eigenvalue weighted by Gasteiger charge is -2.06. The molecule has 4 heteroatoms. The Kier molecular flexibility index (Phi) is 3.48. The lowest BCUT2D eigenvalue weighted by molar-refractivity contribution is 0.0980. The van der Waals surface area contributed by atoms with Crippen molar-refractivity contribution in [2.45, 2.75) is 12.8 Å². The number of aromatic nitrogens is 1. The maximum Gasteiger partial charge on any atom is 0.167 e. The predicted molar refractivity (Wildman–Crippen MR) is 80.4 cm³/mol. The highest BCUT2D eigenvalue weighted by atomic mass is 32.1. The van der Waals surface area contributed by atoms with Gasteiger partial charge in [0.1, 0.15) is 5.52 Å². The van der Waals surface area contributed by atoms with Crippen LogP contribution in [0, 0.1) is 0 Å². The highest BCUT2D eigenvalue weighted by molar-refractivity contribution is 7.09. The molecular weight excluding hydrogens is 270 g/mol. The van der Waals surface area contributed by atoms with Gasteiger partial charge in [0.15, 0.2) is 11.5 Å². The first-order valence-corrected chi connectivity index (χ1v) is 7.26. The van der Waals surface area contributed by atoms with Gasteiger partial charge < -0.3 is 5.11 Å². The molecule has 0 radical (unpaired) electrons. The fourth-order valence-electron chi connectivity index (χ4n) is 2.18. The van der Waals surface area contributed by atoms with Gasteiger partial charge in [0.2, 0.25) is 0 Å². The van der Waals surface area contributed by atoms with Crippen LogP contribution in [0.4, 0.5) is 0 Å². The Labute approximate surface area is 120 Å². The van der Waals surface area contributed by atoms with Crippen LogP contribution in [0.5, 0.6) is 5.75 Å². The van der Waals surface area contributed by atoms with Gasteiger partial charge in [0.05, 0.1) is 5.56 Å². The summed E-state index contributed by atoms with van der Waals surface area (Å²) >= 11 is 1.64. The molecule has 3 rings (SSSR count). The number of hydrogen-bond donors (Lipinski definition) is 1. The second kappa shape index (κ2) is 5.43. The molecular formula is C16H13NO2S. The normalized spacial score (nSPS) is 10.8. The minimum Gasteiger partial charge on any atom is -0.505 e. The van der Waals surface area contributed by atoms with E-state index in [1.165, 1.54) is 4.88 Å². The molecule has 3 nitrogen and oxygen atoms in total. The molecule has 0 saturated heterocycles. The van der Waals surface area contributed by atoms with Crippen molar-refractivity contribution in [3.8, 4) is 5.75 Å². The number of carbonyl (C=O) groups excluding carboxylic acids is 1. The number of fused-ring (bicyclic) bond motifs is 1. The van der Waals surface area contributed by atoms with E-state index >= 15 is 0 Å². The molecule has 0 saturated carbocycles. The molecule has 2 aromatic heterocycles. The average Bonchev–Trinajstić information content (AvgIpc) is 2.99. The molecule has 20 heavy (non-hydrogen) atoms. The number of benzene rings is 1. The largest absolute Gasteiger partial charge is 0.505 e. The van der Waals surface area contributed by atoms with E-state index in [9.17, 15) is 9.90 Å². The molecule has 0 atom stereocenters. The number of pyridine rings is 1. The van der Waals surface area contributed by atoms with E-state index in [0.29, 0.717) is 23.9 Å². The Morgan fingerprint density at radius 1 is 1.20 bits per heavy atom. The second-order valence-electron chi connectivity index (χ2n) is 4.54. The molecule has 0 unspecified atom stereocenters. The summed E-state index contributed by atoms with van der Waals surface area (Å²) in [6.45, 7) is 0. The van der Waals surface area contributed by atoms with Crippen LogP contribution < -0.4 is 0 Å². The van der Waals surface area contributed by atoms with Gasteiger partial charge in [-0.15, -0.1) is 11.3 Å². The first kappa shape index (κ1) is 12.8.